The van der Waals surface area contributed by atoms with Gasteiger partial charge >= 0.3 is 5.97 Å². The highest BCUT2D eigenvalue weighted by Crippen LogP contribution is 2.17. The Labute approximate surface area is 96.0 Å². The van der Waals surface area contributed by atoms with Crippen LogP contribution in [0.1, 0.15) is 26.2 Å². The average molecular weight is 228 g/mol. The molecule has 1 aliphatic rings. The number of rotatable bonds is 3. The van der Waals surface area contributed by atoms with Crippen LogP contribution in [-0.2, 0) is 9.59 Å². The van der Waals surface area contributed by atoms with E-state index in [0.29, 0.717) is 6.42 Å². The molecular weight excluding hydrogens is 208 g/mol. The summed E-state index contributed by atoms with van der Waals surface area (Å²) < 4.78 is 0. The molecule has 5 nitrogen and oxygen atoms in total. The zero-order chi connectivity index (χ0) is 12.3. The molecule has 0 radical (unpaired) electrons. The van der Waals surface area contributed by atoms with Gasteiger partial charge < -0.3 is 10.0 Å². The molecule has 5 heteroatoms. The first-order valence-electron chi connectivity index (χ1n) is 5.62. The molecule has 0 aromatic rings. The lowest BCUT2D eigenvalue weighted by atomic mass is 10.1. The standard InChI is InChI=1S/C11H20N2O3/c1-8-6-7-12(2)9(4-5-10(14)15)11(16)13(8)3/h8-9H,4-7H2,1-3H3,(H,14,15). The van der Waals surface area contributed by atoms with E-state index in [4.69, 9.17) is 5.11 Å². The van der Waals surface area contributed by atoms with Crippen molar-refractivity contribution in [1.29, 1.82) is 0 Å². The molecule has 0 aromatic carbocycles. The largest absolute Gasteiger partial charge is 0.481 e. The predicted molar refractivity (Wildman–Crippen MR) is 60.1 cm³/mol. The number of carboxylic acids is 1. The van der Waals surface area contributed by atoms with Gasteiger partial charge in [0, 0.05) is 26.1 Å². The molecule has 1 amide bonds. The van der Waals surface area contributed by atoms with Gasteiger partial charge in [0.25, 0.3) is 0 Å². The molecular formula is C11H20N2O3. The van der Waals surface area contributed by atoms with Crippen molar-refractivity contribution >= 4 is 11.9 Å². The van der Waals surface area contributed by atoms with Crippen LogP contribution >= 0.6 is 0 Å². The SMILES string of the molecule is CC1CCN(C)C(CCC(=O)O)C(=O)N1C. The molecule has 0 bridgehead atoms. The van der Waals surface area contributed by atoms with Gasteiger partial charge in [-0.25, -0.2) is 0 Å². The fraction of sp³-hybridized carbons (Fsp3) is 0.818. The summed E-state index contributed by atoms with van der Waals surface area (Å²) in [6, 6.07) is -0.0594. The third-order valence-corrected chi connectivity index (χ3v) is 3.36. The summed E-state index contributed by atoms with van der Waals surface area (Å²) in [6.07, 6.45) is 1.37. The van der Waals surface area contributed by atoms with Crippen molar-refractivity contribution in [3.63, 3.8) is 0 Å². The maximum Gasteiger partial charge on any atom is 0.303 e. The van der Waals surface area contributed by atoms with Gasteiger partial charge in [0.15, 0.2) is 0 Å². The van der Waals surface area contributed by atoms with E-state index < -0.39 is 5.97 Å². The van der Waals surface area contributed by atoms with E-state index in [1.54, 1.807) is 11.9 Å². The van der Waals surface area contributed by atoms with Gasteiger partial charge in [-0.2, -0.15) is 0 Å². The Morgan fingerprint density at radius 1 is 1.50 bits per heavy atom. The highest BCUT2D eigenvalue weighted by atomic mass is 16.4. The van der Waals surface area contributed by atoms with Gasteiger partial charge in [0.05, 0.1) is 6.04 Å². The minimum atomic E-state index is -0.846. The maximum absolute atomic E-state index is 12.1. The lowest BCUT2D eigenvalue weighted by Gasteiger charge is -2.27. The van der Waals surface area contributed by atoms with Gasteiger partial charge in [-0.05, 0) is 26.8 Å². The van der Waals surface area contributed by atoms with Crippen LogP contribution in [0, 0.1) is 0 Å². The molecule has 0 aliphatic carbocycles. The number of nitrogens with zero attached hydrogens (tertiary/aromatic N) is 2. The smallest absolute Gasteiger partial charge is 0.303 e. The Balaban J connectivity index is 2.70. The Kier molecular flexibility index (Phi) is 4.29. The molecule has 0 spiro atoms. The van der Waals surface area contributed by atoms with E-state index in [0.717, 1.165) is 13.0 Å². The van der Waals surface area contributed by atoms with Gasteiger partial charge in [0.2, 0.25) is 5.91 Å². The summed E-state index contributed by atoms with van der Waals surface area (Å²) in [5, 5.41) is 8.66. The van der Waals surface area contributed by atoms with Crippen molar-refractivity contribution in [2.45, 2.75) is 38.3 Å². The number of hydrogen-bond acceptors (Lipinski definition) is 3. The van der Waals surface area contributed by atoms with Crippen LogP contribution in [-0.4, -0.2) is 59.5 Å². The van der Waals surface area contributed by atoms with Gasteiger partial charge in [-0.15, -0.1) is 0 Å². The van der Waals surface area contributed by atoms with E-state index in [9.17, 15) is 9.59 Å². The van der Waals surface area contributed by atoms with Crippen LogP contribution in [0.3, 0.4) is 0 Å². The van der Waals surface area contributed by atoms with Crippen molar-refractivity contribution in [2.75, 3.05) is 20.6 Å². The topological polar surface area (TPSA) is 60.9 Å². The molecule has 1 saturated heterocycles. The monoisotopic (exact) mass is 228 g/mol. The zero-order valence-electron chi connectivity index (χ0n) is 10.1. The molecule has 1 aliphatic heterocycles. The third kappa shape index (κ3) is 2.95. The van der Waals surface area contributed by atoms with E-state index in [-0.39, 0.29) is 24.4 Å². The summed E-state index contributed by atoms with van der Waals surface area (Å²) in [5.74, 6) is -0.810. The van der Waals surface area contributed by atoms with Gasteiger partial charge in [-0.1, -0.05) is 0 Å². The van der Waals surface area contributed by atoms with Crippen LogP contribution in [0.25, 0.3) is 0 Å². The Morgan fingerprint density at radius 3 is 2.69 bits per heavy atom. The van der Waals surface area contributed by atoms with E-state index >= 15 is 0 Å². The first kappa shape index (κ1) is 13.0. The summed E-state index contributed by atoms with van der Waals surface area (Å²) in [5.41, 5.74) is 0. The minimum absolute atomic E-state index is 0.0359. The molecule has 0 saturated carbocycles. The van der Waals surface area contributed by atoms with Gasteiger partial charge in [0.1, 0.15) is 0 Å². The first-order chi connectivity index (χ1) is 7.43. The quantitative estimate of drug-likeness (QED) is 0.759. The molecule has 1 fully saturated rings. The number of amides is 1. The summed E-state index contributed by atoms with van der Waals surface area (Å²) in [4.78, 5) is 26.3. The van der Waals surface area contributed by atoms with Crippen molar-refractivity contribution < 1.29 is 14.7 Å². The Bertz CT molecular complexity index is 280. The van der Waals surface area contributed by atoms with Crippen molar-refractivity contribution in [3.8, 4) is 0 Å². The normalized spacial score (nSPS) is 27.9. The van der Waals surface area contributed by atoms with Crippen molar-refractivity contribution in [1.82, 2.24) is 9.80 Å². The first-order valence-corrected chi connectivity index (χ1v) is 5.62. The number of hydrogen-bond donors (Lipinski definition) is 1. The summed E-state index contributed by atoms with van der Waals surface area (Å²) in [7, 11) is 3.68. The molecule has 2 unspecified atom stereocenters. The minimum Gasteiger partial charge on any atom is -0.481 e. The third-order valence-electron chi connectivity index (χ3n) is 3.36. The van der Waals surface area contributed by atoms with E-state index in [1.807, 2.05) is 18.9 Å². The van der Waals surface area contributed by atoms with Gasteiger partial charge in [-0.3, -0.25) is 14.5 Å². The number of aliphatic carboxylic acids is 1. The molecule has 1 N–H and O–H groups in total. The van der Waals surface area contributed by atoms with Crippen LogP contribution in [0.15, 0.2) is 0 Å². The average Bonchev–Trinajstić information content (AvgIpc) is 2.30. The molecule has 92 valence electrons. The highest BCUT2D eigenvalue weighted by molar-refractivity contribution is 5.82. The lowest BCUT2D eigenvalue weighted by Crippen LogP contribution is -2.44. The number of carbonyl (C=O) groups excluding carboxylic acids is 1. The zero-order valence-corrected chi connectivity index (χ0v) is 10.1. The van der Waals surface area contributed by atoms with E-state index in [2.05, 4.69) is 0 Å². The summed E-state index contributed by atoms with van der Waals surface area (Å²) in [6.45, 7) is 2.85. The molecule has 16 heavy (non-hydrogen) atoms. The second-order valence-corrected chi connectivity index (χ2v) is 4.52. The number of carbonyl (C=O) groups is 2. The maximum atomic E-state index is 12.1. The predicted octanol–water partition coefficient (Wildman–Crippen LogP) is 0.402. The van der Waals surface area contributed by atoms with Crippen molar-refractivity contribution in [2.24, 2.45) is 0 Å². The number of likely N-dealkylation sites (N-methyl/N-ethyl adjacent to an activating group) is 2. The highest BCUT2D eigenvalue weighted by Gasteiger charge is 2.31. The number of carboxylic acid groups (broad SMARTS) is 1. The summed E-state index contributed by atoms with van der Waals surface area (Å²) >= 11 is 0. The van der Waals surface area contributed by atoms with Crippen molar-refractivity contribution in [3.05, 3.63) is 0 Å². The molecule has 0 aromatic heterocycles. The van der Waals surface area contributed by atoms with Crippen LogP contribution < -0.4 is 0 Å². The molecule has 1 rings (SSSR count). The van der Waals surface area contributed by atoms with Crippen LogP contribution in [0.2, 0.25) is 0 Å². The fourth-order valence-corrected chi connectivity index (χ4v) is 1.98. The Morgan fingerprint density at radius 2 is 2.12 bits per heavy atom. The second-order valence-electron chi connectivity index (χ2n) is 4.52. The van der Waals surface area contributed by atoms with Crippen LogP contribution in [0.4, 0.5) is 0 Å². The Hall–Kier alpha value is -1.10. The lowest BCUT2D eigenvalue weighted by molar-refractivity contribution is -0.138. The second kappa shape index (κ2) is 5.30. The molecule has 2 atom stereocenters. The van der Waals surface area contributed by atoms with Crippen LogP contribution in [0.5, 0.6) is 0 Å². The fourth-order valence-electron chi connectivity index (χ4n) is 1.98. The van der Waals surface area contributed by atoms with E-state index in [1.165, 1.54) is 0 Å². The molecule has 1 heterocycles.